The fourth-order valence-corrected chi connectivity index (χ4v) is 1.00. The summed E-state index contributed by atoms with van der Waals surface area (Å²) in [6.07, 6.45) is 0.0921. The van der Waals surface area contributed by atoms with Crippen molar-refractivity contribution in [3.8, 4) is 0 Å². The zero-order chi connectivity index (χ0) is 8.43. The number of hydrogen-bond acceptors (Lipinski definition) is 0. The molecule has 59 valence electrons. The summed E-state index contributed by atoms with van der Waals surface area (Å²) in [7, 11) is 0. The second-order valence-corrected chi connectivity index (χ2v) is 2.53. The highest BCUT2D eigenvalue weighted by Gasteiger charge is 2.07. The molecule has 0 amide bonds. The van der Waals surface area contributed by atoms with Crippen molar-refractivity contribution in [2.24, 2.45) is 0 Å². The summed E-state index contributed by atoms with van der Waals surface area (Å²) in [4.78, 5) is 0. The molecule has 0 saturated carbocycles. The van der Waals surface area contributed by atoms with Crippen molar-refractivity contribution in [3.63, 3.8) is 0 Å². The Bertz CT molecular complexity index is 248. The van der Waals surface area contributed by atoms with Gasteiger partial charge in [-0.1, -0.05) is 11.6 Å². The Morgan fingerprint density at radius 1 is 1.27 bits per heavy atom. The van der Waals surface area contributed by atoms with Crippen LogP contribution >= 0.6 is 11.6 Å². The third-order valence-corrected chi connectivity index (χ3v) is 1.57. The maximum Gasteiger partial charge on any atom is 0.130 e. The third kappa shape index (κ3) is 1.69. The summed E-state index contributed by atoms with van der Waals surface area (Å²) < 4.78 is 25.5. The lowest BCUT2D eigenvalue weighted by Crippen LogP contribution is -1.92. The van der Waals surface area contributed by atoms with Gasteiger partial charge in [0, 0.05) is 10.6 Å². The topological polar surface area (TPSA) is 0 Å². The van der Waals surface area contributed by atoms with E-state index in [0.717, 1.165) is 12.1 Å². The van der Waals surface area contributed by atoms with Gasteiger partial charge in [0.05, 0.1) is 0 Å². The van der Waals surface area contributed by atoms with Gasteiger partial charge < -0.3 is 0 Å². The molecule has 0 unspecified atom stereocenters. The lowest BCUT2D eigenvalue weighted by atomic mass is 10.1. The van der Waals surface area contributed by atoms with Crippen LogP contribution in [-0.4, -0.2) is 0 Å². The first kappa shape index (κ1) is 8.47. The molecule has 1 aromatic carbocycles. The van der Waals surface area contributed by atoms with E-state index in [4.69, 9.17) is 11.6 Å². The third-order valence-electron chi connectivity index (χ3n) is 1.36. The van der Waals surface area contributed by atoms with Crippen LogP contribution in [0.3, 0.4) is 0 Å². The van der Waals surface area contributed by atoms with Crippen molar-refractivity contribution in [1.29, 1.82) is 0 Å². The average molecular weight is 176 g/mol. The largest absolute Gasteiger partial charge is 0.207 e. The molecule has 0 aromatic heterocycles. The molecule has 0 bridgehead atoms. The van der Waals surface area contributed by atoms with Crippen LogP contribution in [-0.2, 0) is 6.42 Å². The second kappa shape index (κ2) is 3.18. The minimum Gasteiger partial charge on any atom is -0.207 e. The van der Waals surface area contributed by atoms with Gasteiger partial charge in [0.15, 0.2) is 0 Å². The molecule has 0 spiro atoms. The number of rotatable bonds is 1. The Labute approximate surface area is 68.8 Å². The van der Waals surface area contributed by atoms with Gasteiger partial charge in [0.1, 0.15) is 11.6 Å². The van der Waals surface area contributed by atoms with E-state index in [9.17, 15) is 8.78 Å². The van der Waals surface area contributed by atoms with Crippen molar-refractivity contribution < 1.29 is 8.78 Å². The SMILES string of the molecule is [CH2]Cc1c(F)cc(Cl)cc1F. The highest BCUT2D eigenvalue weighted by atomic mass is 35.5. The lowest BCUT2D eigenvalue weighted by molar-refractivity contribution is 0.562. The van der Waals surface area contributed by atoms with Gasteiger partial charge in [-0.15, -0.1) is 0 Å². The molecule has 0 fully saturated rings. The first-order valence-electron chi connectivity index (χ1n) is 3.08. The molecule has 0 nitrogen and oxygen atoms in total. The molecule has 1 rings (SSSR count). The van der Waals surface area contributed by atoms with Crippen molar-refractivity contribution in [1.82, 2.24) is 0 Å². The molecule has 0 saturated heterocycles. The highest BCUT2D eigenvalue weighted by molar-refractivity contribution is 6.30. The fourth-order valence-electron chi connectivity index (χ4n) is 0.811. The first-order chi connectivity index (χ1) is 5.15. The second-order valence-electron chi connectivity index (χ2n) is 2.10. The molecule has 3 heteroatoms. The van der Waals surface area contributed by atoms with Crippen LogP contribution in [0.25, 0.3) is 0 Å². The molecule has 11 heavy (non-hydrogen) atoms. The van der Waals surface area contributed by atoms with Crippen LogP contribution in [0.1, 0.15) is 5.56 Å². The first-order valence-corrected chi connectivity index (χ1v) is 3.45. The molecular formula is C8H6ClF2. The van der Waals surface area contributed by atoms with Crippen LogP contribution < -0.4 is 0 Å². The molecule has 0 aliphatic heterocycles. The summed E-state index contributed by atoms with van der Waals surface area (Å²) in [5, 5.41) is 0.0669. The van der Waals surface area contributed by atoms with E-state index in [0.29, 0.717) is 0 Å². The van der Waals surface area contributed by atoms with Crippen molar-refractivity contribution in [2.75, 3.05) is 0 Å². The molecule has 1 radical (unpaired) electrons. The molecule has 0 aliphatic carbocycles. The van der Waals surface area contributed by atoms with Crippen molar-refractivity contribution >= 4 is 11.6 Å². The zero-order valence-electron chi connectivity index (χ0n) is 5.70. The van der Waals surface area contributed by atoms with Crippen LogP contribution in [0.4, 0.5) is 8.78 Å². The molecular weight excluding hydrogens is 170 g/mol. The van der Waals surface area contributed by atoms with Crippen LogP contribution in [0, 0.1) is 18.6 Å². The number of halogens is 3. The average Bonchev–Trinajstić information content (AvgIpc) is 1.85. The smallest absolute Gasteiger partial charge is 0.130 e. The summed E-state index contributed by atoms with van der Waals surface area (Å²) >= 11 is 5.38. The Kier molecular flexibility index (Phi) is 2.45. The summed E-state index contributed by atoms with van der Waals surface area (Å²) in [5.41, 5.74) is -0.0191. The lowest BCUT2D eigenvalue weighted by Gasteiger charge is -2.00. The fraction of sp³-hybridized carbons (Fsp3) is 0.125. The van der Waals surface area contributed by atoms with E-state index in [1.165, 1.54) is 0 Å². The summed E-state index contributed by atoms with van der Waals surface area (Å²) in [6.45, 7) is 3.38. The van der Waals surface area contributed by atoms with Gasteiger partial charge in [0.25, 0.3) is 0 Å². The monoisotopic (exact) mass is 175 g/mol. The molecule has 0 N–H and O–H groups in total. The van der Waals surface area contributed by atoms with Gasteiger partial charge in [-0.3, -0.25) is 0 Å². The van der Waals surface area contributed by atoms with E-state index in [1.54, 1.807) is 0 Å². The molecule has 0 heterocycles. The Morgan fingerprint density at radius 3 is 2.09 bits per heavy atom. The van der Waals surface area contributed by atoms with Crippen LogP contribution in [0.5, 0.6) is 0 Å². The van der Waals surface area contributed by atoms with Gasteiger partial charge in [-0.05, 0) is 25.5 Å². The normalized spacial score (nSPS) is 10.2. The van der Waals surface area contributed by atoms with Gasteiger partial charge in [-0.2, -0.15) is 0 Å². The van der Waals surface area contributed by atoms with Crippen molar-refractivity contribution in [2.45, 2.75) is 6.42 Å². The van der Waals surface area contributed by atoms with Crippen molar-refractivity contribution in [3.05, 3.63) is 41.3 Å². The van der Waals surface area contributed by atoms with Gasteiger partial charge in [-0.25, -0.2) is 8.78 Å². The van der Waals surface area contributed by atoms with Gasteiger partial charge >= 0.3 is 0 Å². The van der Waals surface area contributed by atoms with E-state index in [1.807, 2.05) is 0 Å². The maximum atomic E-state index is 12.7. The molecule has 0 atom stereocenters. The Hall–Kier alpha value is -0.630. The highest BCUT2D eigenvalue weighted by Crippen LogP contribution is 2.18. The standard InChI is InChI=1S/C8H6ClF2/c1-2-6-7(10)3-5(9)4-8(6)11/h3-4H,1-2H2. The number of hydrogen-bond donors (Lipinski definition) is 0. The number of benzene rings is 1. The minimum atomic E-state index is -0.634. The minimum absolute atomic E-state index is 0.0191. The van der Waals surface area contributed by atoms with E-state index >= 15 is 0 Å². The summed E-state index contributed by atoms with van der Waals surface area (Å²) in [6, 6.07) is 2.15. The molecule has 0 aliphatic rings. The zero-order valence-corrected chi connectivity index (χ0v) is 6.46. The predicted octanol–water partition coefficient (Wildman–Crippen LogP) is 2.99. The molecule has 1 aromatic rings. The summed E-state index contributed by atoms with van der Waals surface area (Å²) in [5.74, 6) is -1.27. The van der Waals surface area contributed by atoms with Gasteiger partial charge in [0.2, 0.25) is 0 Å². The quantitative estimate of drug-likeness (QED) is 0.616. The van der Waals surface area contributed by atoms with E-state index in [-0.39, 0.29) is 17.0 Å². The Balaban J connectivity index is 3.25. The van der Waals surface area contributed by atoms with E-state index in [2.05, 4.69) is 6.92 Å². The van der Waals surface area contributed by atoms with Crippen LogP contribution in [0.2, 0.25) is 5.02 Å². The predicted molar refractivity (Wildman–Crippen MR) is 40.4 cm³/mol. The van der Waals surface area contributed by atoms with E-state index < -0.39 is 11.6 Å². The maximum absolute atomic E-state index is 12.7. The van der Waals surface area contributed by atoms with Crippen LogP contribution in [0.15, 0.2) is 12.1 Å². The Morgan fingerprint density at radius 2 is 1.73 bits per heavy atom.